The number of benzene rings is 2. The molecule has 0 radical (unpaired) electrons. The molecule has 2 N–H and O–H groups in total. The van der Waals surface area contributed by atoms with E-state index in [9.17, 15) is 18.4 Å². The van der Waals surface area contributed by atoms with Gasteiger partial charge in [0.05, 0.1) is 12.5 Å². The van der Waals surface area contributed by atoms with E-state index in [4.69, 9.17) is 0 Å². The molecule has 0 saturated heterocycles. The largest absolute Gasteiger partial charge is 0.435 e. The van der Waals surface area contributed by atoms with Crippen LogP contribution in [0.25, 0.3) is 0 Å². The van der Waals surface area contributed by atoms with Gasteiger partial charge < -0.3 is 15.4 Å². The number of carbonyl (C=O) groups is 2. The van der Waals surface area contributed by atoms with Crippen molar-refractivity contribution < 1.29 is 23.1 Å². The number of ether oxygens (including phenoxy) is 1. The summed E-state index contributed by atoms with van der Waals surface area (Å²) in [6, 6.07) is 15.1. The molecular weight excluding hydrogens is 354 g/mol. The zero-order chi connectivity index (χ0) is 19.6. The molecule has 2 rings (SSSR count). The lowest BCUT2D eigenvalue weighted by molar-refractivity contribution is -0.122. The summed E-state index contributed by atoms with van der Waals surface area (Å²) in [6.07, 6.45) is 0.420. The van der Waals surface area contributed by atoms with Gasteiger partial charge in [0.1, 0.15) is 5.75 Å². The highest BCUT2D eigenvalue weighted by Gasteiger charge is 2.11. The average molecular weight is 376 g/mol. The van der Waals surface area contributed by atoms with Crippen LogP contribution in [0.2, 0.25) is 0 Å². The molecule has 0 saturated carbocycles. The lowest BCUT2D eigenvalue weighted by atomic mass is 10.1. The SMILES string of the molecule is CC(NC(=O)CCNC(=O)Cc1ccccc1)c1ccc(OC(F)F)cc1. The Bertz CT molecular complexity index is 737. The zero-order valence-electron chi connectivity index (χ0n) is 15.0. The summed E-state index contributed by atoms with van der Waals surface area (Å²) in [4.78, 5) is 23.8. The summed E-state index contributed by atoms with van der Waals surface area (Å²) in [5.41, 5.74) is 1.67. The lowest BCUT2D eigenvalue weighted by Gasteiger charge is -2.15. The van der Waals surface area contributed by atoms with E-state index < -0.39 is 6.61 Å². The van der Waals surface area contributed by atoms with Gasteiger partial charge in [-0.05, 0) is 30.2 Å². The fourth-order valence-electron chi connectivity index (χ4n) is 2.49. The van der Waals surface area contributed by atoms with Crippen LogP contribution in [0.5, 0.6) is 5.75 Å². The Hall–Kier alpha value is -2.96. The predicted molar refractivity (Wildman–Crippen MR) is 97.4 cm³/mol. The number of hydrogen-bond acceptors (Lipinski definition) is 3. The first-order valence-electron chi connectivity index (χ1n) is 8.59. The van der Waals surface area contributed by atoms with E-state index in [1.54, 1.807) is 19.1 Å². The Morgan fingerprint density at radius 2 is 1.67 bits per heavy atom. The molecule has 2 amide bonds. The second-order valence-electron chi connectivity index (χ2n) is 6.00. The van der Waals surface area contributed by atoms with E-state index in [1.807, 2.05) is 30.3 Å². The molecule has 5 nitrogen and oxygen atoms in total. The molecule has 7 heteroatoms. The predicted octanol–water partition coefficient (Wildman–Crippen LogP) is 3.21. The maximum absolute atomic E-state index is 12.1. The van der Waals surface area contributed by atoms with Gasteiger partial charge in [0.2, 0.25) is 11.8 Å². The van der Waals surface area contributed by atoms with Crippen molar-refractivity contribution in [2.45, 2.75) is 32.4 Å². The number of halogens is 2. The summed E-state index contributed by atoms with van der Waals surface area (Å²) >= 11 is 0. The standard InChI is InChI=1S/C20H22F2N2O3/c1-14(16-7-9-17(10-8-16)27-20(21)22)24-18(25)11-12-23-19(26)13-15-5-3-2-4-6-15/h2-10,14,20H,11-13H2,1H3,(H,23,26)(H,24,25). The van der Waals surface area contributed by atoms with Crippen molar-refractivity contribution in [3.8, 4) is 5.75 Å². The second-order valence-corrected chi connectivity index (χ2v) is 6.00. The Labute approximate surface area is 156 Å². The number of rotatable bonds is 9. The van der Waals surface area contributed by atoms with E-state index in [1.165, 1.54) is 12.1 Å². The third-order valence-corrected chi connectivity index (χ3v) is 3.86. The topological polar surface area (TPSA) is 67.4 Å². The molecule has 2 aromatic carbocycles. The van der Waals surface area contributed by atoms with Gasteiger partial charge in [-0.2, -0.15) is 8.78 Å². The minimum atomic E-state index is -2.87. The van der Waals surface area contributed by atoms with Crippen molar-refractivity contribution in [2.24, 2.45) is 0 Å². The normalized spacial score (nSPS) is 11.7. The number of hydrogen-bond donors (Lipinski definition) is 2. The van der Waals surface area contributed by atoms with Crippen molar-refractivity contribution in [3.63, 3.8) is 0 Å². The molecular formula is C20H22F2N2O3. The van der Waals surface area contributed by atoms with Crippen LogP contribution in [0.15, 0.2) is 54.6 Å². The van der Waals surface area contributed by atoms with Crippen molar-refractivity contribution in [1.82, 2.24) is 10.6 Å². The first-order chi connectivity index (χ1) is 12.9. The van der Waals surface area contributed by atoms with Crippen LogP contribution >= 0.6 is 0 Å². The first kappa shape index (κ1) is 20.4. The van der Waals surface area contributed by atoms with Crippen molar-refractivity contribution in [3.05, 3.63) is 65.7 Å². The number of carbonyl (C=O) groups excluding carboxylic acids is 2. The number of amides is 2. The summed E-state index contributed by atoms with van der Waals surface area (Å²) in [6.45, 7) is -0.842. The van der Waals surface area contributed by atoms with E-state index in [0.717, 1.165) is 11.1 Å². The third-order valence-electron chi connectivity index (χ3n) is 3.86. The molecule has 0 aliphatic rings. The Morgan fingerprint density at radius 1 is 1.00 bits per heavy atom. The van der Waals surface area contributed by atoms with Crippen LogP contribution in [-0.2, 0) is 16.0 Å². The average Bonchev–Trinajstić information content (AvgIpc) is 2.62. The van der Waals surface area contributed by atoms with Gasteiger partial charge in [-0.25, -0.2) is 0 Å². The van der Waals surface area contributed by atoms with E-state index in [2.05, 4.69) is 15.4 Å². The molecule has 2 aromatic rings. The van der Waals surface area contributed by atoms with Gasteiger partial charge >= 0.3 is 6.61 Å². The summed E-state index contributed by atoms with van der Waals surface area (Å²) < 4.78 is 28.6. The van der Waals surface area contributed by atoms with E-state index >= 15 is 0 Å². The fraction of sp³-hybridized carbons (Fsp3) is 0.300. The van der Waals surface area contributed by atoms with Gasteiger partial charge in [0.15, 0.2) is 0 Å². The molecule has 0 aliphatic carbocycles. The lowest BCUT2D eigenvalue weighted by Crippen LogP contribution is -2.32. The van der Waals surface area contributed by atoms with Crippen molar-refractivity contribution in [2.75, 3.05) is 6.54 Å². The fourth-order valence-corrected chi connectivity index (χ4v) is 2.49. The summed E-state index contributed by atoms with van der Waals surface area (Å²) in [5, 5.41) is 5.51. The minimum Gasteiger partial charge on any atom is -0.435 e. The molecule has 0 aliphatic heterocycles. The van der Waals surface area contributed by atoms with Crippen molar-refractivity contribution >= 4 is 11.8 Å². The Balaban J connectivity index is 1.71. The van der Waals surface area contributed by atoms with Crippen molar-refractivity contribution in [1.29, 1.82) is 0 Å². The second kappa shape index (κ2) is 10.3. The molecule has 0 aromatic heterocycles. The monoisotopic (exact) mass is 376 g/mol. The quantitative estimate of drug-likeness (QED) is 0.706. The van der Waals surface area contributed by atoms with Crippen LogP contribution in [0.3, 0.4) is 0 Å². The molecule has 0 fully saturated rings. The van der Waals surface area contributed by atoms with Gasteiger partial charge in [-0.3, -0.25) is 9.59 Å². The highest BCUT2D eigenvalue weighted by atomic mass is 19.3. The van der Waals surface area contributed by atoms with Gasteiger partial charge in [0, 0.05) is 13.0 Å². The highest BCUT2D eigenvalue weighted by Crippen LogP contribution is 2.19. The molecule has 144 valence electrons. The van der Waals surface area contributed by atoms with Crippen LogP contribution in [0.1, 0.15) is 30.5 Å². The minimum absolute atomic E-state index is 0.0633. The number of alkyl halides is 2. The van der Waals surface area contributed by atoms with Crippen LogP contribution < -0.4 is 15.4 Å². The molecule has 0 spiro atoms. The van der Waals surface area contributed by atoms with Gasteiger partial charge in [-0.15, -0.1) is 0 Å². The molecule has 27 heavy (non-hydrogen) atoms. The van der Waals surface area contributed by atoms with E-state index in [-0.39, 0.29) is 43.0 Å². The smallest absolute Gasteiger partial charge is 0.387 e. The molecule has 0 bridgehead atoms. The van der Waals surface area contributed by atoms with Gasteiger partial charge in [-0.1, -0.05) is 42.5 Å². The van der Waals surface area contributed by atoms with Crippen LogP contribution in [-0.4, -0.2) is 25.0 Å². The maximum atomic E-state index is 12.1. The first-order valence-corrected chi connectivity index (χ1v) is 8.59. The highest BCUT2D eigenvalue weighted by molar-refractivity contribution is 5.80. The summed E-state index contributed by atoms with van der Waals surface area (Å²) in [7, 11) is 0. The molecule has 0 heterocycles. The van der Waals surface area contributed by atoms with Crippen LogP contribution in [0.4, 0.5) is 8.78 Å². The Morgan fingerprint density at radius 3 is 2.30 bits per heavy atom. The van der Waals surface area contributed by atoms with Crippen LogP contribution in [0, 0.1) is 0 Å². The summed E-state index contributed by atoms with van der Waals surface area (Å²) in [5.74, 6) is -0.291. The maximum Gasteiger partial charge on any atom is 0.387 e. The molecule has 1 atom stereocenters. The zero-order valence-corrected chi connectivity index (χ0v) is 15.0. The number of nitrogens with one attached hydrogen (secondary N) is 2. The molecule has 1 unspecified atom stereocenters. The Kier molecular flexibility index (Phi) is 7.73. The third kappa shape index (κ3) is 7.43. The van der Waals surface area contributed by atoms with E-state index in [0.29, 0.717) is 0 Å². The van der Waals surface area contributed by atoms with Gasteiger partial charge in [0.25, 0.3) is 0 Å².